The summed E-state index contributed by atoms with van der Waals surface area (Å²) in [7, 11) is 0. The number of hydrogen-bond acceptors (Lipinski definition) is 3. The molecule has 0 spiro atoms. The van der Waals surface area contributed by atoms with Gasteiger partial charge in [0, 0.05) is 19.0 Å². The van der Waals surface area contributed by atoms with Gasteiger partial charge >= 0.3 is 12.2 Å². The monoisotopic (exact) mass is 333 g/mol. The van der Waals surface area contributed by atoms with E-state index in [9.17, 15) is 22.8 Å². The van der Waals surface area contributed by atoms with E-state index in [1.807, 2.05) is 0 Å². The molecule has 3 amide bonds. The SMILES string of the molecule is C[C@@H](Cc1ccco1)NC(=O)N[C@H]1CCN(CC(F)(F)F)C1=O. The van der Waals surface area contributed by atoms with Crippen LogP contribution in [-0.4, -0.2) is 48.2 Å². The Kier molecular flexibility index (Phi) is 5.17. The molecule has 23 heavy (non-hydrogen) atoms. The maximum absolute atomic E-state index is 12.3. The summed E-state index contributed by atoms with van der Waals surface area (Å²) in [6.07, 6.45) is -2.28. The first-order chi connectivity index (χ1) is 10.7. The fraction of sp³-hybridized carbons (Fsp3) is 0.571. The minimum absolute atomic E-state index is 0.0226. The van der Waals surface area contributed by atoms with Gasteiger partial charge in [-0.2, -0.15) is 13.2 Å². The molecule has 0 radical (unpaired) electrons. The van der Waals surface area contributed by atoms with E-state index < -0.39 is 30.7 Å². The summed E-state index contributed by atoms with van der Waals surface area (Å²) in [6, 6.07) is 1.74. The second-order valence-electron chi connectivity index (χ2n) is 5.52. The summed E-state index contributed by atoms with van der Waals surface area (Å²) in [5.74, 6) is -0.0118. The number of furan rings is 1. The van der Waals surface area contributed by atoms with Crippen molar-refractivity contribution < 1.29 is 27.2 Å². The minimum Gasteiger partial charge on any atom is -0.469 e. The summed E-state index contributed by atoms with van der Waals surface area (Å²) in [4.78, 5) is 24.4. The van der Waals surface area contributed by atoms with E-state index >= 15 is 0 Å². The fourth-order valence-electron chi connectivity index (χ4n) is 2.45. The highest BCUT2D eigenvalue weighted by Gasteiger charge is 2.39. The number of amides is 3. The molecule has 2 rings (SSSR count). The lowest BCUT2D eigenvalue weighted by Crippen LogP contribution is -2.49. The summed E-state index contributed by atoms with van der Waals surface area (Å²) in [5.41, 5.74) is 0. The van der Waals surface area contributed by atoms with Gasteiger partial charge in [-0.1, -0.05) is 0 Å². The predicted molar refractivity (Wildman–Crippen MR) is 74.6 cm³/mol. The molecule has 9 heteroatoms. The zero-order chi connectivity index (χ0) is 17.0. The largest absolute Gasteiger partial charge is 0.469 e. The lowest BCUT2D eigenvalue weighted by atomic mass is 10.2. The number of urea groups is 1. The zero-order valence-corrected chi connectivity index (χ0v) is 12.5. The third-order valence-electron chi connectivity index (χ3n) is 3.44. The molecule has 1 fully saturated rings. The zero-order valence-electron chi connectivity index (χ0n) is 12.5. The standard InChI is InChI=1S/C14H18F3N3O3/c1-9(7-10-3-2-6-23-10)18-13(22)19-11-4-5-20(12(11)21)8-14(15,16)17/h2-3,6,9,11H,4-5,7-8H2,1H3,(H2,18,19,22)/t9-,11-/m0/s1. The number of carbonyl (C=O) groups is 2. The van der Waals surface area contributed by atoms with Gasteiger partial charge in [-0.05, 0) is 25.5 Å². The molecular formula is C14H18F3N3O3. The Bertz CT molecular complexity index is 545. The first kappa shape index (κ1) is 17.2. The molecular weight excluding hydrogens is 315 g/mol. The molecule has 2 atom stereocenters. The van der Waals surface area contributed by atoms with E-state index in [0.29, 0.717) is 17.1 Å². The first-order valence-electron chi connectivity index (χ1n) is 7.19. The highest BCUT2D eigenvalue weighted by molar-refractivity contribution is 5.88. The molecule has 0 unspecified atom stereocenters. The van der Waals surface area contributed by atoms with Crippen LogP contribution in [0.25, 0.3) is 0 Å². The van der Waals surface area contributed by atoms with Crippen LogP contribution < -0.4 is 10.6 Å². The Morgan fingerprint density at radius 3 is 2.87 bits per heavy atom. The molecule has 2 heterocycles. The number of hydrogen-bond donors (Lipinski definition) is 2. The molecule has 0 aromatic carbocycles. The smallest absolute Gasteiger partial charge is 0.406 e. The minimum atomic E-state index is -4.44. The molecule has 2 N–H and O–H groups in total. The highest BCUT2D eigenvalue weighted by atomic mass is 19.4. The van der Waals surface area contributed by atoms with Gasteiger partial charge in [-0.15, -0.1) is 0 Å². The lowest BCUT2D eigenvalue weighted by Gasteiger charge is -2.19. The van der Waals surface area contributed by atoms with Gasteiger partial charge in [0.2, 0.25) is 5.91 Å². The Morgan fingerprint density at radius 2 is 2.26 bits per heavy atom. The average molecular weight is 333 g/mol. The van der Waals surface area contributed by atoms with E-state index in [0.717, 1.165) is 0 Å². The van der Waals surface area contributed by atoms with Crippen LogP contribution in [0.3, 0.4) is 0 Å². The molecule has 1 aromatic heterocycles. The number of nitrogens with zero attached hydrogens (tertiary/aromatic N) is 1. The van der Waals surface area contributed by atoms with Crippen LogP contribution in [0, 0.1) is 0 Å². The molecule has 1 aliphatic rings. The van der Waals surface area contributed by atoms with Crippen molar-refractivity contribution in [2.45, 2.75) is 38.0 Å². The van der Waals surface area contributed by atoms with Gasteiger partial charge < -0.3 is 20.0 Å². The Hall–Kier alpha value is -2.19. The van der Waals surface area contributed by atoms with Gasteiger partial charge in [0.1, 0.15) is 18.3 Å². The van der Waals surface area contributed by atoms with Crippen molar-refractivity contribution >= 4 is 11.9 Å². The second-order valence-corrected chi connectivity index (χ2v) is 5.52. The molecule has 1 saturated heterocycles. The number of carbonyl (C=O) groups excluding carboxylic acids is 2. The van der Waals surface area contributed by atoms with Gasteiger partial charge in [-0.25, -0.2) is 4.79 Å². The van der Waals surface area contributed by atoms with Crippen LogP contribution in [0.2, 0.25) is 0 Å². The van der Waals surface area contributed by atoms with E-state index in [4.69, 9.17) is 4.42 Å². The highest BCUT2D eigenvalue weighted by Crippen LogP contribution is 2.20. The maximum atomic E-state index is 12.3. The molecule has 1 aromatic rings. The van der Waals surface area contributed by atoms with E-state index in [1.165, 1.54) is 6.26 Å². The van der Waals surface area contributed by atoms with Gasteiger partial charge in [0.15, 0.2) is 0 Å². The summed E-state index contributed by atoms with van der Waals surface area (Å²) in [6.45, 7) is 0.445. The van der Waals surface area contributed by atoms with Crippen molar-refractivity contribution in [3.05, 3.63) is 24.2 Å². The lowest BCUT2D eigenvalue weighted by molar-refractivity contribution is -0.157. The number of alkyl halides is 3. The van der Waals surface area contributed by atoms with Crippen LogP contribution in [0.15, 0.2) is 22.8 Å². The molecule has 128 valence electrons. The van der Waals surface area contributed by atoms with Gasteiger partial charge in [-0.3, -0.25) is 4.79 Å². The summed E-state index contributed by atoms with van der Waals surface area (Å²) in [5, 5.41) is 5.04. The quantitative estimate of drug-likeness (QED) is 0.861. The molecule has 6 nitrogen and oxygen atoms in total. The van der Waals surface area contributed by atoms with Crippen LogP contribution in [0.5, 0.6) is 0 Å². The van der Waals surface area contributed by atoms with E-state index in [-0.39, 0.29) is 19.0 Å². The number of rotatable bonds is 5. The Morgan fingerprint density at radius 1 is 1.52 bits per heavy atom. The van der Waals surface area contributed by atoms with Gasteiger partial charge in [0.25, 0.3) is 0 Å². The second kappa shape index (κ2) is 6.93. The topological polar surface area (TPSA) is 74.6 Å². The Balaban J connectivity index is 1.78. The van der Waals surface area contributed by atoms with Crippen molar-refractivity contribution in [2.75, 3.05) is 13.1 Å². The molecule has 0 bridgehead atoms. The number of likely N-dealkylation sites (tertiary alicyclic amines) is 1. The van der Waals surface area contributed by atoms with Crippen LogP contribution in [0.4, 0.5) is 18.0 Å². The van der Waals surface area contributed by atoms with E-state index in [2.05, 4.69) is 10.6 Å². The molecule has 1 aliphatic heterocycles. The van der Waals surface area contributed by atoms with Crippen molar-refractivity contribution in [1.29, 1.82) is 0 Å². The van der Waals surface area contributed by atoms with Crippen molar-refractivity contribution in [2.24, 2.45) is 0 Å². The van der Waals surface area contributed by atoms with E-state index in [1.54, 1.807) is 19.1 Å². The average Bonchev–Trinajstić information content (AvgIpc) is 3.02. The summed E-state index contributed by atoms with van der Waals surface area (Å²) < 4.78 is 42.1. The van der Waals surface area contributed by atoms with Crippen molar-refractivity contribution in [3.8, 4) is 0 Å². The number of halogens is 3. The third-order valence-corrected chi connectivity index (χ3v) is 3.44. The maximum Gasteiger partial charge on any atom is 0.406 e. The van der Waals surface area contributed by atoms with Crippen LogP contribution in [-0.2, 0) is 11.2 Å². The van der Waals surface area contributed by atoms with Gasteiger partial charge in [0.05, 0.1) is 6.26 Å². The molecule has 0 aliphatic carbocycles. The van der Waals surface area contributed by atoms with Crippen LogP contribution in [0.1, 0.15) is 19.1 Å². The van der Waals surface area contributed by atoms with Crippen molar-refractivity contribution in [1.82, 2.24) is 15.5 Å². The Labute approximate surface area is 131 Å². The summed E-state index contributed by atoms with van der Waals surface area (Å²) >= 11 is 0. The third kappa shape index (κ3) is 5.19. The normalized spacial score (nSPS) is 19.7. The fourth-order valence-corrected chi connectivity index (χ4v) is 2.45. The van der Waals surface area contributed by atoms with Crippen molar-refractivity contribution in [3.63, 3.8) is 0 Å². The molecule has 0 saturated carbocycles. The first-order valence-corrected chi connectivity index (χ1v) is 7.19. The predicted octanol–water partition coefficient (Wildman–Crippen LogP) is 1.67. The number of nitrogens with one attached hydrogen (secondary N) is 2. The van der Waals surface area contributed by atoms with Crippen LogP contribution >= 0.6 is 0 Å².